The average Bonchev–Trinajstić information content (AvgIpc) is 2.59. The molecule has 0 unspecified atom stereocenters. The summed E-state index contributed by atoms with van der Waals surface area (Å²) >= 11 is 6.15. The van der Waals surface area contributed by atoms with E-state index >= 15 is 0 Å². The first-order valence-corrected chi connectivity index (χ1v) is 10.4. The minimum atomic E-state index is -0.0378. The van der Waals surface area contributed by atoms with Crippen molar-refractivity contribution in [3.05, 3.63) is 34.9 Å². The zero-order chi connectivity index (χ0) is 17.7. The molecule has 0 saturated heterocycles. The lowest BCUT2D eigenvalue weighted by atomic mass is 9.98. The van der Waals surface area contributed by atoms with Gasteiger partial charge >= 0.3 is 6.03 Å². The van der Waals surface area contributed by atoms with Gasteiger partial charge in [0.05, 0.1) is 0 Å². The van der Waals surface area contributed by atoms with Gasteiger partial charge in [0.2, 0.25) is 0 Å². The molecule has 3 nitrogen and oxygen atoms in total. The summed E-state index contributed by atoms with van der Waals surface area (Å²) in [5.74, 6) is 0. The van der Waals surface area contributed by atoms with Crippen molar-refractivity contribution in [3.8, 4) is 0 Å². The molecule has 25 heavy (non-hydrogen) atoms. The second kappa shape index (κ2) is 12.2. The number of amides is 2. The average molecular weight is 365 g/mol. The Balaban J connectivity index is 1.69. The fourth-order valence-electron chi connectivity index (χ4n) is 3.56. The topological polar surface area (TPSA) is 41.1 Å². The summed E-state index contributed by atoms with van der Waals surface area (Å²) in [5.41, 5.74) is 1.08. The molecule has 0 radical (unpaired) electrons. The lowest BCUT2D eigenvalue weighted by Crippen LogP contribution is -2.42. The van der Waals surface area contributed by atoms with Gasteiger partial charge < -0.3 is 10.6 Å². The Morgan fingerprint density at radius 2 is 1.48 bits per heavy atom. The number of hydrogen-bond acceptors (Lipinski definition) is 1. The highest BCUT2D eigenvalue weighted by molar-refractivity contribution is 6.31. The van der Waals surface area contributed by atoms with E-state index in [0.717, 1.165) is 29.8 Å². The maximum atomic E-state index is 12.2. The van der Waals surface area contributed by atoms with Crippen molar-refractivity contribution in [3.63, 3.8) is 0 Å². The van der Waals surface area contributed by atoms with Crippen LogP contribution in [0, 0.1) is 0 Å². The molecule has 1 fully saturated rings. The summed E-state index contributed by atoms with van der Waals surface area (Å²) in [4.78, 5) is 12.2. The molecular formula is C21H33ClN2O. The summed E-state index contributed by atoms with van der Waals surface area (Å²) in [7, 11) is 0. The SMILES string of the molecule is O=C(NCCc1ccccc1Cl)NC1CCCCCCCCCCC1. The minimum Gasteiger partial charge on any atom is -0.338 e. The third-order valence-corrected chi connectivity index (χ3v) is 5.45. The largest absolute Gasteiger partial charge is 0.338 e. The Morgan fingerprint density at radius 3 is 2.08 bits per heavy atom. The van der Waals surface area contributed by atoms with E-state index in [4.69, 9.17) is 11.6 Å². The molecule has 0 aromatic heterocycles. The van der Waals surface area contributed by atoms with Crippen molar-refractivity contribution >= 4 is 17.6 Å². The van der Waals surface area contributed by atoms with E-state index in [9.17, 15) is 4.79 Å². The highest BCUT2D eigenvalue weighted by atomic mass is 35.5. The monoisotopic (exact) mass is 364 g/mol. The number of benzene rings is 1. The molecule has 0 spiro atoms. The molecular weight excluding hydrogens is 332 g/mol. The molecule has 4 heteroatoms. The van der Waals surface area contributed by atoms with Crippen LogP contribution >= 0.6 is 11.6 Å². The van der Waals surface area contributed by atoms with Crippen LogP contribution in [0.5, 0.6) is 0 Å². The zero-order valence-corrected chi connectivity index (χ0v) is 16.1. The van der Waals surface area contributed by atoms with E-state index in [1.165, 1.54) is 57.8 Å². The Kier molecular flexibility index (Phi) is 9.79. The van der Waals surface area contributed by atoms with Crippen LogP contribution in [0.2, 0.25) is 5.02 Å². The predicted molar refractivity (Wildman–Crippen MR) is 106 cm³/mol. The second-order valence-corrected chi connectivity index (χ2v) is 7.61. The highest BCUT2D eigenvalue weighted by Gasteiger charge is 2.12. The number of hydrogen-bond donors (Lipinski definition) is 2. The molecule has 0 aliphatic heterocycles. The maximum absolute atomic E-state index is 12.2. The summed E-state index contributed by atoms with van der Waals surface area (Å²) in [6.45, 7) is 0.613. The first-order valence-electron chi connectivity index (χ1n) is 10.0. The highest BCUT2D eigenvalue weighted by Crippen LogP contribution is 2.17. The van der Waals surface area contributed by atoms with Crippen LogP contribution in [0.1, 0.15) is 76.2 Å². The Bertz CT molecular complexity index is 494. The van der Waals surface area contributed by atoms with Crippen molar-refractivity contribution in [2.75, 3.05) is 6.54 Å². The minimum absolute atomic E-state index is 0.0378. The number of carbonyl (C=O) groups is 1. The molecule has 1 aromatic rings. The number of nitrogens with one attached hydrogen (secondary N) is 2. The fourth-order valence-corrected chi connectivity index (χ4v) is 3.79. The first-order chi connectivity index (χ1) is 12.3. The Labute approximate surface area is 157 Å². The molecule has 1 aliphatic rings. The molecule has 1 aromatic carbocycles. The molecule has 1 saturated carbocycles. The molecule has 140 valence electrons. The van der Waals surface area contributed by atoms with Crippen LogP contribution < -0.4 is 10.6 Å². The number of rotatable bonds is 4. The van der Waals surface area contributed by atoms with Gasteiger partial charge in [0.25, 0.3) is 0 Å². The Morgan fingerprint density at radius 1 is 0.920 bits per heavy atom. The third-order valence-electron chi connectivity index (χ3n) is 5.08. The van der Waals surface area contributed by atoms with Crippen LogP contribution in [0.15, 0.2) is 24.3 Å². The number of halogens is 1. The van der Waals surface area contributed by atoms with E-state index in [1.54, 1.807) is 0 Å². The summed E-state index contributed by atoms with van der Waals surface area (Å²) in [5, 5.41) is 6.94. The standard InChI is InChI=1S/C21H33ClN2O/c22-20-15-11-10-12-18(20)16-17-23-21(25)24-19-13-8-6-4-2-1-3-5-7-9-14-19/h10-12,15,19H,1-9,13-14,16-17H2,(H2,23,24,25). The Hall–Kier alpha value is -1.22. The van der Waals surface area contributed by atoms with Gasteiger partial charge in [0, 0.05) is 17.6 Å². The normalized spacial score (nSPS) is 18.0. The van der Waals surface area contributed by atoms with Gasteiger partial charge in [-0.25, -0.2) is 4.79 Å². The second-order valence-electron chi connectivity index (χ2n) is 7.20. The smallest absolute Gasteiger partial charge is 0.315 e. The van der Waals surface area contributed by atoms with Gasteiger partial charge in [-0.2, -0.15) is 0 Å². The number of carbonyl (C=O) groups excluding carboxylic acids is 1. The molecule has 0 atom stereocenters. The van der Waals surface area contributed by atoms with Gasteiger partial charge in [-0.15, -0.1) is 0 Å². The first kappa shape index (κ1) is 20.1. The molecule has 2 rings (SSSR count). The summed E-state index contributed by atoms with van der Waals surface area (Å²) in [6.07, 6.45) is 14.9. The summed E-state index contributed by atoms with van der Waals surface area (Å²) < 4.78 is 0. The van der Waals surface area contributed by atoms with Crippen LogP contribution in [0.3, 0.4) is 0 Å². The lowest BCUT2D eigenvalue weighted by Gasteiger charge is -2.20. The molecule has 2 N–H and O–H groups in total. The van der Waals surface area contributed by atoms with E-state index in [2.05, 4.69) is 10.6 Å². The third kappa shape index (κ3) is 8.62. The maximum Gasteiger partial charge on any atom is 0.315 e. The fraction of sp³-hybridized carbons (Fsp3) is 0.667. The lowest BCUT2D eigenvalue weighted by molar-refractivity contribution is 0.234. The van der Waals surface area contributed by atoms with Crippen molar-refractivity contribution in [2.45, 2.75) is 83.1 Å². The van der Waals surface area contributed by atoms with E-state index in [1.807, 2.05) is 24.3 Å². The van der Waals surface area contributed by atoms with Gasteiger partial charge in [0.15, 0.2) is 0 Å². The molecule has 0 heterocycles. The van der Waals surface area contributed by atoms with Gasteiger partial charge in [-0.3, -0.25) is 0 Å². The van der Waals surface area contributed by atoms with Crippen molar-refractivity contribution in [1.29, 1.82) is 0 Å². The predicted octanol–water partition coefficient (Wildman–Crippen LogP) is 5.86. The van der Waals surface area contributed by atoms with E-state index in [-0.39, 0.29) is 6.03 Å². The van der Waals surface area contributed by atoms with E-state index in [0.29, 0.717) is 12.6 Å². The van der Waals surface area contributed by atoms with Gasteiger partial charge in [-0.1, -0.05) is 87.6 Å². The quantitative estimate of drug-likeness (QED) is 0.690. The zero-order valence-electron chi connectivity index (χ0n) is 15.4. The number of urea groups is 1. The van der Waals surface area contributed by atoms with Gasteiger partial charge in [0.1, 0.15) is 0 Å². The van der Waals surface area contributed by atoms with Crippen LogP contribution in [0.25, 0.3) is 0 Å². The molecule has 0 bridgehead atoms. The summed E-state index contributed by atoms with van der Waals surface area (Å²) in [6, 6.07) is 8.09. The van der Waals surface area contributed by atoms with Crippen molar-refractivity contribution in [2.24, 2.45) is 0 Å². The van der Waals surface area contributed by atoms with Gasteiger partial charge in [-0.05, 0) is 30.9 Å². The van der Waals surface area contributed by atoms with Crippen LogP contribution in [0.4, 0.5) is 4.79 Å². The van der Waals surface area contributed by atoms with Crippen LogP contribution in [-0.4, -0.2) is 18.6 Å². The molecule has 1 aliphatic carbocycles. The van der Waals surface area contributed by atoms with Crippen molar-refractivity contribution in [1.82, 2.24) is 10.6 Å². The molecule has 2 amide bonds. The van der Waals surface area contributed by atoms with E-state index < -0.39 is 0 Å². The van der Waals surface area contributed by atoms with Crippen LogP contribution in [-0.2, 0) is 6.42 Å². The van der Waals surface area contributed by atoms with Crippen molar-refractivity contribution < 1.29 is 4.79 Å².